The number of esters is 1. The molecule has 0 fully saturated rings. The molecule has 0 N–H and O–H groups in total. The van der Waals surface area contributed by atoms with E-state index in [1.807, 2.05) is 12.1 Å². The average molecular weight is 339 g/mol. The van der Waals surface area contributed by atoms with E-state index in [2.05, 4.69) is 58.8 Å². The highest BCUT2D eigenvalue weighted by Gasteiger charge is 2.10. The zero-order chi connectivity index (χ0) is 15.0. The predicted octanol–water partition coefficient (Wildman–Crippen LogP) is 5.08. The second-order valence-electron chi connectivity index (χ2n) is 5.22. The van der Waals surface area contributed by atoms with E-state index in [1.165, 1.54) is 12.7 Å². The maximum absolute atomic E-state index is 11.1. The average Bonchev–Trinajstić information content (AvgIpc) is 2.44. The Labute approximate surface area is 130 Å². The molecule has 1 aromatic carbocycles. The monoisotopic (exact) mass is 338 g/mol. The summed E-state index contributed by atoms with van der Waals surface area (Å²) in [5.74, 6) is 0.934. The third kappa shape index (κ3) is 6.38. The van der Waals surface area contributed by atoms with Gasteiger partial charge in [0, 0.05) is 10.9 Å². The van der Waals surface area contributed by atoms with Gasteiger partial charge in [-0.25, -0.2) is 0 Å². The SMILES string of the molecule is COC(=O)CCC[C@H](C)[C@H](C)/C=C/c1cccc(Br)c1. The summed E-state index contributed by atoms with van der Waals surface area (Å²) in [6.07, 6.45) is 6.85. The lowest BCUT2D eigenvalue weighted by atomic mass is 9.90. The van der Waals surface area contributed by atoms with Gasteiger partial charge < -0.3 is 4.74 Å². The summed E-state index contributed by atoms with van der Waals surface area (Å²) in [4.78, 5) is 11.1. The van der Waals surface area contributed by atoms with Crippen LogP contribution in [0.25, 0.3) is 6.08 Å². The Hall–Kier alpha value is -1.09. The smallest absolute Gasteiger partial charge is 0.305 e. The Balaban J connectivity index is 2.41. The van der Waals surface area contributed by atoms with E-state index in [0.717, 1.165) is 17.3 Å². The van der Waals surface area contributed by atoms with Crippen molar-refractivity contribution in [3.05, 3.63) is 40.4 Å². The molecular formula is C17H23BrO2. The molecule has 1 rings (SSSR count). The van der Waals surface area contributed by atoms with Crippen LogP contribution in [0.3, 0.4) is 0 Å². The molecule has 0 heterocycles. The number of halogens is 1. The number of rotatable bonds is 7. The van der Waals surface area contributed by atoms with Crippen LogP contribution in [0.5, 0.6) is 0 Å². The van der Waals surface area contributed by atoms with Gasteiger partial charge >= 0.3 is 5.97 Å². The Bertz CT molecular complexity index is 454. The molecule has 110 valence electrons. The minimum absolute atomic E-state index is 0.116. The fourth-order valence-corrected chi connectivity index (χ4v) is 2.41. The minimum atomic E-state index is -0.116. The van der Waals surface area contributed by atoms with Gasteiger partial charge in [-0.2, -0.15) is 0 Å². The molecule has 3 heteroatoms. The molecule has 0 unspecified atom stereocenters. The van der Waals surface area contributed by atoms with Crippen LogP contribution in [0.4, 0.5) is 0 Å². The lowest BCUT2D eigenvalue weighted by molar-refractivity contribution is -0.140. The number of benzene rings is 1. The quantitative estimate of drug-likeness (QED) is 0.648. The van der Waals surface area contributed by atoms with Crippen molar-refractivity contribution in [1.29, 1.82) is 0 Å². The summed E-state index contributed by atoms with van der Waals surface area (Å²) < 4.78 is 5.75. The van der Waals surface area contributed by atoms with Crippen molar-refractivity contribution in [2.45, 2.75) is 33.1 Å². The van der Waals surface area contributed by atoms with E-state index < -0.39 is 0 Å². The molecular weight excluding hydrogens is 316 g/mol. The molecule has 0 bridgehead atoms. The zero-order valence-corrected chi connectivity index (χ0v) is 14.0. The van der Waals surface area contributed by atoms with Crippen molar-refractivity contribution in [2.75, 3.05) is 7.11 Å². The molecule has 0 radical (unpaired) electrons. The molecule has 2 nitrogen and oxygen atoms in total. The molecule has 0 saturated heterocycles. The van der Waals surface area contributed by atoms with Gasteiger partial charge in [0.1, 0.15) is 0 Å². The van der Waals surface area contributed by atoms with Crippen molar-refractivity contribution >= 4 is 28.0 Å². The summed E-state index contributed by atoms with van der Waals surface area (Å²) in [7, 11) is 1.44. The van der Waals surface area contributed by atoms with Crippen LogP contribution in [-0.2, 0) is 9.53 Å². The molecule has 0 amide bonds. The number of allylic oxidation sites excluding steroid dienone is 1. The summed E-state index contributed by atoms with van der Waals surface area (Å²) in [6.45, 7) is 4.45. The summed E-state index contributed by atoms with van der Waals surface area (Å²) in [5, 5.41) is 0. The Morgan fingerprint density at radius 2 is 2.15 bits per heavy atom. The number of hydrogen-bond acceptors (Lipinski definition) is 2. The van der Waals surface area contributed by atoms with Crippen molar-refractivity contribution in [1.82, 2.24) is 0 Å². The van der Waals surface area contributed by atoms with Crippen molar-refractivity contribution < 1.29 is 9.53 Å². The van der Waals surface area contributed by atoms with Crippen molar-refractivity contribution in [3.8, 4) is 0 Å². The maximum atomic E-state index is 11.1. The first-order valence-electron chi connectivity index (χ1n) is 7.03. The lowest BCUT2D eigenvalue weighted by Gasteiger charge is -2.16. The van der Waals surface area contributed by atoms with Gasteiger partial charge in [0.25, 0.3) is 0 Å². The van der Waals surface area contributed by atoms with E-state index in [0.29, 0.717) is 18.3 Å². The first kappa shape index (κ1) is 17.0. The van der Waals surface area contributed by atoms with Crippen LogP contribution < -0.4 is 0 Å². The fraction of sp³-hybridized carbons (Fsp3) is 0.471. The molecule has 0 aliphatic carbocycles. The van der Waals surface area contributed by atoms with Crippen LogP contribution in [0.15, 0.2) is 34.8 Å². The van der Waals surface area contributed by atoms with Crippen molar-refractivity contribution in [2.24, 2.45) is 11.8 Å². The highest BCUT2D eigenvalue weighted by atomic mass is 79.9. The number of carbonyl (C=O) groups excluding carboxylic acids is 1. The van der Waals surface area contributed by atoms with Crippen LogP contribution in [-0.4, -0.2) is 13.1 Å². The van der Waals surface area contributed by atoms with Crippen LogP contribution >= 0.6 is 15.9 Å². The van der Waals surface area contributed by atoms with Gasteiger partial charge in [-0.05, 0) is 42.4 Å². The molecule has 20 heavy (non-hydrogen) atoms. The normalized spacial score (nSPS) is 14.2. The van der Waals surface area contributed by atoms with E-state index in [1.54, 1.807) is 0 Å². The molecule has 0 aliphatic rings. The highest BCUT2D eigenvalue weighted by Crippen LogP contribution is 2.21. The van der Waals surface area contributed by atoms with Crippen LogP contribution in [0, 0.1) is 11.8 Å². The molecule has 2 atom stereocenters. The third-order valence-corrected chi connectivity index (χ3v) is 4.10. The third-order valence-electron chi connectivity index (χ3n) is 3.61. The number of hydrogen-bond donors (Lipinski definition) is 0. The standard InChI is InChI=1S/C17H23BrO2/c1-13(6-4-9-17(19)20-3)14(2)10-11-15-7-5-8-16(18)12-15/h5,7-8,10-14H,4,6,9H2,1-3H3/b11-10+/t13-,14+/m0/s1. The second-order valence-corrected chi connectivity index (χ2v) is 6.13. The fourth-order valence-electron chi connectivity index (χ4n) is 2.00. The zero-order valence-electron chi connectivity index (χ0n) is 12.4. The van der Waals surface area contributed by atoms with Gasteiger partial charge in [-0.3, -0.25) is 4.79 Å². The van der Waals surface area contributed by atoms with Crippen LogP contribution in [0.2, 0.25) is 0 Å². The molecule has 0 aliphatic heterocycles. The Morgan fingerprint density at radius 3 is 2.80 bits per heavy atom. The lowest BCUT2D eigenvalue weighted by Crippen LogP contribution is -2.07. The summed E-state index contributed by atoms with van der Waals surface area (Å²) in [6, 6.07) is 8.26. The van der Waals surface area contributed by atoms with E-state index >= 15 is 0 Å². The van der Waals surface area contributed by atoms with E-state index in [-0.39, 0.29) is 5.97 Å². The van der Waals surface area contributed by atoms with Gasteiger partial charge in [-0.15, -0.1) is 0 Å². The van der Waals surface area contributed by atoms with Crippen molar-refractivity contribution in [3.63, 3.8) is 0 Å². The first-order valence-corrected chi connectivity index (χ1v) is 7.83. The number of ether oxygens (including phenoxy) is 1. The molecule has 0 spiro atoms. The molecule has 1 aromatic rings. The number of carbonyl (C=O) groups is 1. The second kappa shape index (κ2) is 8.96. The topological polar surface area (TPSA) is 26.3 Å². The molecule has 0 aromatic heterocycles. The summed E-state index contributed by atoms with van der Waals surface area (Å²) >= 11 is 3.47. The minimum Gasteiger partial charge on any atom is -0.469 e. The van der Waals surface area contributed by atoms with E-state index in [4.69, 9.17) is 0 Å². The van der Waals surface area contributed by atoms with Crippen LogP contribution in [0.1, 0.15) is 38.7 Å². The Morgan fingerprint density at radius 1 is 1.40 bits per heavy atom. The largest absolute Gasteiger partial charge is 0.469 e. The maximum Gasteiger partial charge on any atom is 0.305 e. The van der Waals surface area contributed by atoms with E-state index in [9.17, 15) is 4.79 Å². The summed E-state index contributed by atoms with van der Waals surface area (Å²) in [5.41, 5.74) is 1.20. The Kier molecular flexibility index (Phi) is 7.60. The van der Waals surface area contributed by atoms with Gasteiger partial charge in [0.2, 0.25) is 0 Å². The number of methoxy groups -OCH3 is 1. The van der Waals surface area contributed by atoms with Gasteiger partial charge in [0.15, 0.2) is 0 Å². The first-order chi connectivity index (χ1) is 9.52. The van der Waals surface area contributed by atoms with Gasteiger partial charge in [0.05, 0.1) is 7.11 Å². The molecule has 0 saturated carbocycles. The van der Waals surface area contributed by atoms with Gasteiger partial charge in [-0.1, -0.05) is 54.1 Å². The predicted molar refractivity (Wildman–Crippen MR) is 87.4 cm³/mol. The highest BCUT2D eigenvalue weighted by molar-refractivity contribution is 9.10.